The number of carbonyl (C=O) groups is 3. The lowest BCUT2D eigenvalue weighted by Gasteiger charge is -2.37. The maximum absolute atomic E-state index is 13.4. The van der Waals surface area contributed by atoms with Gasteiger partial charge in [-0.05, 0) is 37.3 Å². The number of piperidine rings is 1. The number of carbonyl (C=O) groups excluding carboxylic acids is 3. The Morgan fingerprint density at radius 1 is 1.26 bits per heavy atom. The molecule has 31 heavy (non-hydrogen) atoms. The Morgan fingerprint density at radius 2 is 2.03 bits per heavy atom. The summed E-state index contributed by atoms with van der Waals surface area (Å²) in [4.78, 5) is 44.1. The van der Waals surface area contributed by atoms with Crippen molar-refractivity contribution in [2.45, 2.75) is 51.3 Å². The monoisotopic (exact) mass is 425 g/mol. The third kappa shape index (κ3) is 4.54. The van der Waals surface area contributed by atoms with Crippen molar-refractivity contribution < 1.29 is 23.5 Å². The van der Waals surface area contributed by atoms with Crippen LogP contribution >= 0.6 is 0 Å². The van der Waals surface area contributed by atoms with Gasteiger partial charge in [-0.15, -0.1) is 0 Å². The third-order valence-corrected chi connectivity index (χ3v) is 5.80. The van der Waals surface area contributed by atoms with Crippen LogP contribution in [0.2, 0.25) is 0 Å². The maximum atomic E-state index is 13.4. The van der Waals surface area contributed by atoms with E-state index >= 15 is 0 Å². The molecule has 8 heteroatoms. The first-order chi connectivity index (χ1) is 14.9. The minimum absolute atomic E-state index is 0.0534. The number of likely N-dealkylation sites (tertiary alicyclic amines) is 1. The topological polar surface area (TPSA) is 102 Å². The van der Waals surface area contributed by atoms with E-state index in [0.29, 0.717) is 24.3 Å². The van der Waals surface area contributed by atoms with E-state index in [1.165, 1.54) is 6.39 Å². The van der Waals surface area contributed by atoms with E-state index in [2.05, 4.69) is 10.3 Å². The summed E-state index contributed by atoms with van der Waals surface area (Å²) < 4.78 is 10.8. The van der Waals surface area contributed by atoms with E-state index in [-0.39, 0.29) is 36.2 Å². The summed E-state index contributed by atoms with van der Waals surface area (Å²) in [6.07, 6.45) is 4.77. The first-order valence-electron chi connectivity index (χ1n) is 10.7. The second-order valence-electron chi connectivity index (χ2n) is 8.53. The van der Waals surface area contributed by atoms with Crippen LogP contribution in [0.5, 0.6) is 0 Å². The van der Waals surface area contributed by atoms with Crippen LogP contribution in [-0.4, -0.2) is 58.8 Å². The molecule has 2 aliphatic heterocycles. The number of rotatable bonds is 6. The van der Waals surface area contributed by atoms with Crippen LogP contribution in [0.4, 0.5) is 0 Å². The quantitative estimate of drug-likeness (QED) is 0.763. The van der Waals surface area contributed by atoms with Crippen LogP contribution in [0.25, 0.3) is 11.3 Å². The predicted molar refractivity (Wildman–Crippen MR) is 112 cm³/mol. The number of nitrogens with zero attached hydrogens (tertiary/aromatic N) is 2. The number of ether oxygens (including phenoxy) is 1. The van der Waals surface area contributed by atoms with Crippen LogP contribution in [-0.2, 0) is 14.3 Å². The van der Waals surface area contributed by atoms with Crippen molar-refractivity contribution in [1.29, 1.82) is 0 Å². The van der Waals surface area contributed by atoms with Gasteiger partial charge in [0, 0.05) is 17.7 Å². The summed E-state index contributed by atoms with van der Waals surface area (Å²) in [5.41, 5.74) is 1.25. The molecule has 2 aromatic rings. The van der Waals surface area contributed by atoms with Gasteiger partial charge in [0.05, 0.1) is 12.3 Å². The number of aromatic nitrogens is 1. The smallest absolute Gasteiger partial charge is 0.251 e. The SMILES string of the molecule is CC(C)CC(NC(=O)c1ccc(-c2cnco2)cc1)C(=O)N1CCCC2OCC(=O)C21. The van der Waals surface area contributed by atoms with Crippen molar-refractivity contribution in [3.05, 3.63) is 42.4 Å². The molecule has 164 valence electrons. The van der Waals surface area contributed by atoms with Crippen LogP contribution in [0, 0.1) is 5.92 Å². The number of hydrogen-bond acceptors (Lipinski definition) is 6. The van der Waals surface area contributed by atoms with E-state index < -0.39 is 12.1 Å². The zero-order valence-corrected chi connectivity index (χ0v) is 17.7. The number of fused-ring (bicyclic) bond motifs is 1. The average Bonchev–Trinajstić information content (AvgIpc) is 3.43. The fourth-order valence-electron chi connectivity index (χ4n) is 4.32. The summed E-state index contributed by atoms with van der Waals surface area (Å²) in [7, 11) is 0. The Morgan fingerprint density at radius 3 is 2.71 bits per heavy atom. The van der Waals surface area contributed by atoms with E-state index in [1.54, 1.807) is 35.4 Å². The van der Waals surface area contributed by atoms with Gasteiger partial charge in [0.1, 0.15) is 18.7 Å². The fraction of sp³-hybridized carbons (Fsp3) is 0.478. The molecular weight excluding hydrogens is 398 g/mol. The highest BCUT2D eigenvalue weighted by molar-refractivity contribution is 5.99. The number of nitrogens with one attached hydrogen (secondary N) is 1. The van der Waals surface area contributed by atoms with Crippen molar-refractivity contribution >= 4 is 17.6 Å². The zero-order valence-electron chi connectivity index (χ0n) is 17.7. The Balaban J connectivity index is 1.49. The van der Waals surface area contributed by atoms with Crippen LogP contribution in [0.3, 0.4) is 0 Å². The normalized spacial score (nSPS) is 21.8. The van der Waals surface area contributed by atoms with Crippen molar-refractivity contribution in [2.75, 3.05) is 13.2 Å². The van der Waals surface area contributed by atoms with Gasteiger partial charge in [-0.1, -0.05) is 26.0 Å². The minimum atomic E-state index is -0.700. The number of amides is 2. The van der Waals surface area contributed by atoms with E-state index in [4.69, 9.17) is 9.15 Å². The number of Topliss-reactive ketones (excluding diaryl/α,β-unsaturated/α-hetero) is 1. The zero-order chi connectivity index (χ0) is 22.0. The van der Waals surface area contributed by atoms with E-state index in [0.717, 1.165) is 18.4 Å². The largest absolute Gasteiger partial charge is 0.444 e. The van der Waals surface area contributed by atoms with Gasteiger partial charge in [-0.2, -0.15) is 0 Å². The minimum Gasteiger partial charge on any atom is -0.444 e. The highest BCUT2D eigenvalue weighted by atomic mass is 16.5. The predicted octanol–water partition coefficient (Wildman–Crippen LogP) is 2.45. The van der Waals surface area contributed by atoms with Gasteiger partial charge >= 0.3 is 0 Å². The van der Waals surface area contributed by atoms with Crippen LogP contribution in [0.15, 0.2) is 41.3 Å². The molecule has 4 rings (SSSR count). The molecule has 0 spiro atoms. The van der Waals surface area contributed by atoms with Gasteiger partial charge in [-0.3, -0.25) is 14.4 Å². The lowest BCUT2D eigenvalue weighted by molar-refractivity contribution is -0.142. The second-order valence-corrected chi connectivity index (χ2v) is 8.53. The molecule has 3 unspecified atom stereocenters. The standard InChI is InChI=1S/C23H27N3O5/c1-14(2)10-17(23(29)26-9-3-4-19-21(26)18(27)12-30-19)25-22(28)16-7-5-15(6-8-16)20-11-24-13-31-20/h5-8,11,13-14,17,19,21H,3-4,9-10,12H2,1-2H3,(H,25,28). The molecule has 2 amide bonds. The highest BCUT2D eigenvalue weighted by Crippen LogP contribution is 2.27. The number of hydrogen-bond donors (Lipinski definition) is 1. The summed E-state index contributed by atoms with van der Waals surface area (Å²) in [6.45, 7) is 4.56. The Labute approximate surface area is 181 Å². The first-order valence-corrected chi connectivity index (χ1v) is 10.7. The van der Waals surface area contributed by atoms with Gasteiger partial charge in [0.25, 0.3) is 5.91 Å². The summed E-state index contributed by atoms with van der Waals surface area (Å²) in [5, 5.41) is 2.89. The Hall–Kier alpha value is -3.00. The van der Waals surface area contributed by atoms with Crippen LogP contribution in [0.1, 0.15) is 43.5 Å². The van der Waals surface area contributed by atoms with Crippen molar-refractivity contribution in [1.82, 2.24) is 15.2 Å². The highest BCUT2D eigenvalue weighted by Gasteiger charge is 2.45. The average molecular weight is 425 g/mol. The van der Waals surface area contributed by atoms with Crippen LogP contribution < -0.4 is 5.32 Å². The van der Waals surface area contributed by atoms with Crippen molar-refractivity contribution in [3.8, 4) is 11.3 Å². The molecule has 8 nitrogen and oxygen atoms in total. The Bertz CT molecular complexity index is 939. The lowest BCUT2D eigenvalue weighted by atomic mass is 9.95. The summed E-state index contributed by atoms with van der Waals surface area (Å²) in [5.74, 6) is 0.206. The van der Waals surface area contributed by atoms with E-state index in [9.17, 15) is 14.4 Å². The molecular formula is C23H27N3O5. The lowest BCUT2D eigenvalue weighted by Crippen LogP contribution is -2.58. The maximum Gasteiger partial charge on any atom is 0.251 e. The molecule has 3 heterocycles. The third-order valence-electron chi connectivity index (χ3n) is 5.80. The van der Waals surface area contributed by atoms with Crippen molar-refractivity contribution in [2.24, 2.45) is 5.92 Å². The second kappa shape index (κ2) is 9.01. The number of ketones is 1. The molecule has 0 aliphatic carbocycles. The molecule has 0 radical (unpaired) electrons. The van der Waals surface area contributed by atoms with Gasteiger partial charge < -0.3 is 19.4 Å². The molecule has 2 saturated heterocycles. The summed E-state index contributed by atoms with van der Waals surface area (Å²) in [6, 6.07) is 5.70. The summed E-state index contributed by atoms with van der Waals surface area (Å²) >= 11 is 0. The molecule has 0 bridgehead atoms. The van der Waals surface area contributed by atoms with Gasteiger partial charge in [0.15, 0.2) is 17.9 Å². The molecule has 2 aliphatic rings. The van der Waals surface area contributed by atoms with Gasteiger partial charge in [0.2, 0.25) is 5.91 Å². The van der Waals surface area contributed by atoms with E-state index in [1.807, 2.05) is 13.8 Å². The molecule has 2 fully saturated rings. The molecule has 3 atom stereocenters. The fourth-order valence-corrected chi connectivity index (χ4v) is 4.32. The first kappa shape index (κ1) is 21.2. The molecule has 0 saturated carbocycles. The molecule has 1 aromatic carbocycles. The van der Waals surface area contributed by atoms with Crippen molar-refractivity contribution in [3.63, 3.8) is 0 Å². The molecule has 1 N–H and O–H groups in total. The number of oxazole rings is 1. The molecule has 1 aromatic heterocycles. The number of benzene rings is 1. The van der Waals surface area contributed by atoms with Gasteiger partial charge in [-0.25, -0.2) is 4.98 Å². The Kier molecular flexibility index (Phi) is 6.18.